The molecule has 0 amide bonds. The van der Waals surface area contributed by atoms with Gasteiger partial charge in [0.15, 0.2) is 0 Å². The summed E-state index contributed by atoms with van der Waals surface area (Å²) in [6.45, 7) is 0. The van der Waals surface area contributed by atoms with Gasteiger partial charge in [0.05, 0.1) is 34.0 Å². The Balaban J connectivity index is 1.94. The fraction of sp³-hybridized carbons (Fsp3) is 0.0952. The second kappa shape index (κ2) is 8.60. The van der Waals surface area contributed by atoms with E-state index in [0.717, 1.165) is 11.6 Å². The zero-order valence-corrected chi connectivity index (χ0v) is 15.2. The molecule has 0 bridgehead atoms. The highest BCUT2D eigenvalue weighted by atomic mass is 35.5. The van der Waals surface area contributed by atoms with Crippen LogP contribution in [0.4, 0.5) is 4.39 Å². The lowest BCUT2D eigenvalue weighted by molar-refractivity contribution is 0.128. The van der Waals surface area contributed by atoms with Crippen LogP contribution in [0.3, 0.4) is 0 Å². The molecule has 2 N–H and O–H groups in total. The lowest BCUT2D eigenvalue weighted by atomic mass is 10.0. The Labute approximate surface area is 166 Å². The van der Waals surface area contributed by atoms with Crippen molar-refractivity contribution in [3.8, 4) is 12.1 Å². The number of hydrogen-bond acceptors (Lipinski definition) is 5. The van der Waals surface area contributed by atoms with Gasteiger partial charge in [0.2, 0.25) is 0 Å². The van der Waals surface area contributed by atoms with Crippen molar-refractivity contribution in [1.82, 2.24) is 10.3 Å². The number of nitrogens with one attached hydrogen (secondary N) is 1. The monoisotopic (exact) mass is 392 g/mol. The molecule has 7 heteroatoms. The number of aromatic nitrogens is 1. The highest BCUT2D eigenvalue weighted by Crippen LogP contribution is 2.26. The van der Waals surface area contributed by atoms with Gasteiger partial charge in [-0.3, -0.25) is 10.3 Å². The Morgan fingerprint density at radius 3 is 2.29 bits per heavy atom. The number of benzene rings is 2. The molecule has 3 aromatic rings. The van der Waals surface area contributed by atoms with Gasteiger partial charge in [-0.15, -0.1) is 0 Å². The molecule has 1 heterocycles. The molecule has 0 radical (unpaired) electrons. The molecule has 3 rings (SSSR count). The highest BCUT2D eigenvalue weighted by Gasteiger charge is 2.20. The molecule has 2 aromatic carbocycles. The molecule has 0 saturated carbocycles. The molecule has 2 atom stereocenters. The minimum absolute atomic E-state index is 0.0982. The molecule has 5 nitrogen and oxygen atoms in total. The van der Waals surface area contributed by atoms with E-state index in [0.29, 0.717) is 16.3 Å². The van der Waals surface area contributed by atoms with E-state index in [1.165, 1.54) is 18.3 Å². The summed E-state index contributed by atoms with van der Waals surface area (Å²) >= 11 is 5.91. The number of rotatable bonds is 5. The van der Waals surface area contributed by atoms with Gasteiger partial charge in [-0.05, 0) is 47.5 Å². The summed E-state index contributed by atoms with van der Waals surface area (Å²) in [6.07, 6.45) is 0.267. The van der Waals surface area contributed by atoms with Crippen LogP contribution in [0.15, 0.2) is 60.8 Å². The van der Waals surface area contributed by atoms with E-state index in [4.69, 9.17) is 22.1 Å². The van der Waals surface area contributed by atoms with Crippen molar-refractivity contribution in [2.45, 2.75) is 12.3 Å². The average molecular weight is 393 g/mol. The maximum absolute atomic E-state index is 13.9. The number of nitriles is 2. The Hall–Kier alpha value is -3.29. The minimum atomic E-state index is -1.22. The minimum Gasteiger partial charge on any atom is -0.374 e. The van der Waals surface area contributed by atoms with Crippen LogP contribution in [-0.4, -0.2) is 10.1 Å². The van der Waals surface area contributed by atoms with E-state index in [-0.39, 0.29) is 11.1 Å². The normalized spacial score (nSPS) is 12.6. The van der Waals surface area contributed by atoms with Gasteiger partial charge in [-0.25, -0.2) is 4.39 Å². The third-order valence-corrected chi connectivity index (χ3v) is 4.40. The van der Waals surface area contributed by atoms with Gasteiger partial charge in [-0.1, -0.05) is 29.8 Å². The van der Waals surface area contributed by atoms with E-state index >= 15 is 0 Å². The Bertz CT molecular complexity index is 1060. The number of nitrogens with zero attached hydrogens (tertiary/aromatic N) is 3. The second-order valence-corrected chi connectivity index (χ2v) is 6.42. The summed E-state index contributed by atoms with van der Waals surface area (Å²) in [7, 11) is 0. The lowest BCUT2D eigenvalue weighted by Crippen LogP contribution is -2.28. The van der Waals surface area contributed by atoms with Crippen molar-refractivity contribution in [3.05, 3.63) is 99.6 Å². The number of aliphatic hydroxyl groups excluding tert-OH is 1. The zero-order valence-electron chi connectivity index (χ0n) is 14.5. The second-order valence-electron chi connectivity index (χ2n) is 5.99. The molecule has 1 aromatic heterocycles. The maximum atomic E-state index is 13.9. The fourth-order valence-electron chi connectivity index (χ4n) is 2.71. The van der Waals surface area contributed by atoms with Crippen molar-refractivity contribution in [2.75, 3.05) is 0 Å². The Morgan fingerprint density at radius 2 is 1.71 bits per heavy atom. The summed E-state index contributed by atoms with van der Waals surface area (Å²) in [5.41, 5.74) is 2.01. The van der Waals surface area contributed by atoms with Crippen molar-refractivity contribution in [2.24, 2.45) is 0 Å². The maximum Gasteiger partial charge on any atom is 0.141 e. The van der Waals surface area contributed by atoms with Crippen molar-refractivity contribution in [1.29, 1.82) is 10.5 Å². The van der Waals surface area contributed by atoms with E-state index in [1.807, 2.05) is 0 Å². The Kier molecular flexibility index (Phi) is 5.98. The van der Waals surface area contributed by atoms with Crippen LogP contribution in [0.2, 0.25) is 5.02 Å². The molecule has 0 spiro atoms. The molecular weight excluding hydrogens is 379 g/mol. The Morgan fingerprint density at radius 1 is 1.00 bits per heavy atom. The first-order valence-electron chi connectivity index (χ1n) is 8.27. The first-order valence-corrected chi connectivity index (χ1v) is 8.65. The average Bonchev–Trinajstić information content (AvgIpc) is 2.72. The first-order chi connectivity index (χ1) is 13.5. The molecule has 0 aliphatic rings. The van der Waals surface area contributed by atoms with Gasteiger partial charge in [0, 0.05) is 6.20 Å². The summed E-state index contributed by atoms with van der Waals surface area (Å²) in [6, 6.07) is 17.4. The predicted molar refractivity (Wildman–Crippen MR) is 101 cm³/mol. The first kappa shape index (κ1) is 19.5. The SMILES string of the molecule is N#Cc1ccc(C(NC(O)c2ccc(C#N)c(F)c2)c2ccc(Cl)cn2)cc1. The number of halogens is 2. The summed E-state index contributed by atoms with van der Waals surface area (Å²) < 4.78 is 13.9. The number of hydrogen-bond donors (Lipinski definition) is 2. The van der Waals surface area contributed by atoms with Crippen molar-refractivity contribution >= 4 is 11.6 Å². The van der Waals surface area contributed by atoms with Crippen LogP contribution in [0, 0.1) is 28.5 Å². The zero-order chi connectivity index (χ0) is 20.1. The van der Waals surface area contributed by atoms with Crippen molar-refractivity contribution < 1.29 is 9.50 Å². The molecule has 2 unspecified atom stereocenters. The summed E-state index contributed by atoms with van der Waals surface area (Å²) in [5, 5.41) is 31.9. The topological polar surface area (TPSA) is 92.7 Å². The predicted octanol–water partition coefficient (Wildman–Crippen LogP) is 3.99. The van der Waals surface area contributed by atoms with Gasteiger partial charge in [0.25, 0.3) is 0 Å². The summed E-state index contributed by atoms with van der Waals surface area (Å²) in [4.78, 5) is 4.30. The third kappa shape index (κ3) is 4.33. The molecular formula is C21H14ClFN4O. The van der Waals surface area contributed by atoms with Crippen LogP contribution >= 0.6 is 11.6 Å². The quantitative estimate of drug-likeness (QED) is 0.640. The molecule has 0 aliphatic carbocycles. The molecule has 0 saturated heterocycles. The van der Waals surface area contributed by atoms with Crippen LogP contribution in [-0.2, 0) is 0 Å². The van der Waals surface area contributed by atoms with Gasteiger partial charge < -0.3 is 5.11 Å². The van der Waals surface area contributed by atoms with Crippen molar-refractivity contribution in [3.63, 3.8) is 0 Å². The van der Waals surface area contributed by atoms with Crippen LogP contribution in [0.5, 0.6) is 0 Å². The highest BCUT2D eigenvalue weighted by molar-refractivity contribution is 6.30. The number of aliphatic hydroxyl groups is 1. The summed E-state index contributed by atoms with van der Waals surface area (Å²) in [5.74, 6) is -0.708. The van der Waals surface area contributed by atoms with Crippen LogP contribution in [0.1, 0.15) is 40.2 Å². The standard InChI is InChI=1S/C21H14ClFN4O/c22-17-7-8-19(26-12-17)20(14-3-1-13(10-24)2-4-14)27-21(28)15-5-6-16(11-25)18(23)9-15/h1-9,12,20-21,27-28H. The van der Waals surface area contributed by atoms with Gasteiger partial charge >= 0.3 is 0 Å². The van der Waals surface area contributed by atoms with E-state index in [9.17, 15) is 9.50 Å². The van der Waals surface area contributed by atoms with E-state index < -0.39 is 18.1 Å². The van der Waals surface area contributed by atoms with E-state index in [1.54, 1.807) is 42.5 Å². The van der Waals surface area contributed by atoms with Crippen LogP contribution < -0.4 is 5.32 Å². The smallest absolute Gasteiger partial charge is 0.141 e. The van der Waals surface area contributed by atoms with Crippen LogP contribution in [0.25, 0.3) is 0 Å². The lowest BCUT2D eigenvalue weighted by Gasteiger charge is -2.23. The van der Waals surface area contributed by atoms with E-state index in [2.05, 4.69) is 16.4 Å². The number of pyridine rings is 1. The molecule has 0 fully saturated rings. The molecule has 138 valence electrons. The van der Waals surface area contributed by atoms with Gasteiger partial charge in [-0.2, -0.15) is 10.5 Å². The fourth-order valence-corrected chi connectivity index (χ4v) is 2.82. The largest absolute Gasteiger partial charge is 0.374 e. The van der Waals surface area contributed by atoms with Gasteiger partial charge in [0.1, 0.15) is 18.1 Å². The molecule has 0 aliphatic heterocycles. The third-order valence-electron chi connectivity index (χ3n) is 4.17. The molecule has 28 heavy (non-hydrogen) atoms.